The number of hydrogen-bond donors (Lipinski definition) is 1. The van der Waals surface area contributed by atoms with Gasteiger partial charge in [-0.25, -0.2) is 0 Å². The molecule has 3 heteroatoms. The summed E-state index contributed by atoms with van der Waals surface area (Å²) in [6, 6.07) is 0. The van der Waals surface area contributed by atoms with Crippen molar-refractivity contribution in [1.29, 1.82) is 0 Å². The molecule has 0 aromatic rings. The summed E-state index contributed by atoms with van der Waals surface area (Å²) in [4.78, 5) is 2.58. The summed E-state index contributed by atoms with van der Waals surface area (Å²) in [5, 5.41) is 3.51. The summed E-state index contributed by atoms with van der Waals surface area (Å²) >= 11 is 0. The zero-order chi connectivity index (χ0) is 10.7. The molecule has 0 aromatic carbocycles. The third-order valence-electron chi connectivity index (χ3n) is 3.61. The summed E-state index contributed by atoms with van der Waals surface area (Å²) in [6.45, 7) is 10.2. The predicted molar refractivity (Wildman–Crippen MR) is 61.8 cm³/mol. The Morgan fingerprint density at radius 1 is 1.33 bits per heavy atom. The minimum Gasteiger partial charge on any atom is -0.359 e. The molecule has 1 spiro atoms. The van der Waals surface area contributed by atoms with Crippen molar-refractivity contribution in [2.24, 2.45) is 5.92 Å². The Morgan fingerprint density at radius 2 is 2.07 bits per heavy atom. The average Bonchev–Trinajstić information content (AvgIpc) is 2.66. The first kappa shape index (κ1) is 11.4. The smallest absolute Gasteiger partial charge is 0.121 e. The summed E-state index contributed by atoms with van der Waals surface area (Å²) in [5.74, 6) is 0.821. The molecule has 3 nitrogen and oxygen atoms in total. The van der Waals surface area contributed by atoms with Gasteiger partial charge in [-0.1, -0.05) is 13.8 Å². The second-order valence-corrected chi connectivity index (χ2v) is 5.29. The van der Waals surface area contributed by atoms with E-state index in [-0.39, 0.29) is 5.72 Å². The first-order chi connectivity index (χ1) is 7.20. The molecule has 0 atom stereocenters. The summed E-state index contributed by atoms with van der Waals surface area (Å²) < 4.78 is 5.82. The van der Waals surface area contributed by atoms with Crippen LogP contribution in [0, 0.1) is 5.92 Å². The molecule has 2 aliphatic heterocycles. The minimum absolute atomic E-state index is 0.0499. The molecule has 0 radical (unpaired) electrons. The molecule has 0 unspecified atom stereocenters. The van der Waals surface area contributed by atoms with Gasteiger partial charge in [-0.15, -0.1) is 0 Å². The number of rotatable bonds is 3. The van der Waals surface area contributed by atoms with E-state index in [2.05, 4.69) is 24.1 Å². The number of nitrogens with one attached hydrogen (secondary N) is 1. The minimum atomic E-state index is 0.0499. The summed E-state index contributed by atoms with van der Waals surface area (Å²) in [6.07, 6.45) is 3.64. The maximum Gasteiger partial charge on any atom is 0.121 e. The van der Waals surface area contributed by atoms with Crippen LogP contribution in [0.3, 0.4) is 0 Å². The Balaban J connectivity index is 1.72. The standard InChI is InChI=1S/C12H24N2O/c1-11(2)3-7-14-8-4-12(5-9-14)13-6-10-15-12/h11,13H,3-10H2,1-2H3. The molecule has 0 aromatic heterocycles. The van der Waals surface area contributed by atoms with Crippen molar-refractivity contribution >= 4 is 0 Å². The van der Waals surface area contributed by atoms with E-state index >= 15 is 0 Å². The molecule has 0 aliphatic carbocycles. The topological polar surface area (TPSA) is 24.5 Å². The molecule has 2 saturated heterocycles. The van der Waals surface area contributed by atoms with Crippen LogP contribution in [0.2, 0.25) is 0 Å². The number of nitrogens with zero attached hydrogens (tertiary/aromatic N) is 1. The van der Waals surface area contributed by atoms with Gasteiger partial charge in [0.25, 0.3) is 0 Å². The monoisotopic (exact) mass is 212 g/mol. The van der Waals surface area contributed by atoms with Crippen molar-refractivity contribution in [2.45, 2.75) is 38.8 Å². The van der Waals surface area contributed by atoms with E-state index in [1.807, 2.05) is 0 Å². The fourth-order valence-electron chi connectivity index (χ4n) is 2.48. The Labute approximate surface area is 93.2 Å². The van der Waals surface area contributed by atoms with Gasteiger partial charge in [0.15, 0.2) is 0 Å². The highest BCUT2D eigenvalue weighted by atomic mass is 16.5. The van der Waals surface area contributed by atoms with Gasteiger partial charge in [0.2, 0.25) is 0 Å². The largest absolute Gasteiger partial charge is 0.359 e. The van der Waals surface area contributed by atoms with Crippen LogP contribution in [-0.4, -0.2) is 43.4 Å². The van der Waals surface area contributed by atoms with Crippen molar-refractivity contribution in [3.8, 4) is 0 Å². The van der Waals surface area contributed by atoms with E-state index in [0.29, 0.717) is 0 Å². The lowest BCUT2D eigenvalue weighted by atomic mass is 10.00. The third kappa shape index (κ3) is 2.92. The van der Waals surface area contributed by atoms with Gasteiger partial charge in [-0.2, -0.15) is 0 Å². The van der Waals surface area contributed by atoms with Crippen molar-refractivity contribution in [3.63, 3.8) is 0 Å². The Morgan fingerprint density at radius 3 is 2.60 bits per heavy atom. The van der Waals surface area contributed by atoms with E-state index in [1.54, 1.807) is 0 Å². The molecule has 0 bridgehead atoms. The molecular weight excluding hydrogens is 188 g/mol. The van der Waals surface area contributed by atoms with E-state index < -0.39 is 0 Å². The highest BCUT2D eigenvalue weighted by Crippen LogP contribution is 2.26. The van der Waals surface area contributed by atoms with Crippen LogP contribution in [0.4, 0.5) is 0 Å². The van der Waals surface area contributed by atoms with Gasteiger partial charge in [-0.05, 0) is 18.9 Å². The summed E-state index contributed by atoms with van der Waals surface area (Å²) in [7, 11) is 0. The molecule has 0 amide bonds. The van der Waals surface area contributed by atoms with Crippen LogP contribution in [-0.2, 0) is 4.74 Å². The van der Waals surface area contributed by atoms with Crippen molar-refractivity contribution < 1.29 is 4.74 Å². The van der Waals surface area contributed by atoms with Crippen molar-refractivity contribution in [1.82, 2.24) is 10.2 Å². The zero-order valence-electron chi connectivity index (χ0n) is 10.1. The van der Waals surface area contributed by atoms with Gasteiger partial charge < -0.3 is 9.64 Å². The fraction of sp³-hybridized carbons (Fsp3) is 1.00. The lowest BCUT2D eigenvalue weighted by molar-refractivity contribution is -0.0567. The second kappa shape index (κ2) is 4.81. The van der Waals surface area contributed by atoms with Gasteiger partial charge in [0.1, 0.15) is 5.72 Å². The first-order valence-electron chi connectivity index (χ1n) is 6.32. The van der Waals surface area contributed by atoms with E-state index in [1.165, 1.54) is 26.1 Å². The highest BCUT2D eigenvalue weighted by Gasteiger charge is 2.37. The summed E-state index contributed by atoms with van der Waals surface area (Å²) in [5.41, 5.74) is 0.0499. The number of likely N-dealkylation sites (tertiary alicyclic amines) is 1. The second-order valence-electron chi connectivity index (χ2n) is 5.29. The van der Waals surface area contributed by atoms with Crippen LogP contribution in [0.5, 0.6) is 0 Å². The lowest BCUT2D eigenvalue weighted by Gasteiger charge is -2.38. The lowest BCUT2D eigenvalue weighted by Crippen LogP contribution is -2.51. The van der Waals surface area contributed by atoms with E-state index in [9.17, 15) is 0 Å². The van der Waals surface area contributed by atoms with Crippen LogP contribution in [0.25, 0.3) is 0 Å². The molecule has 0 saturated carbocycles. The SMILES string of the molecule is CC(C)CCN1CCC2(CC1)NCCO2. The molecule has 1 N–H and O–H groups in total. The fourth-order valence-corrected chi connectivity index (χ4v) is 2.48. The molecule has 2 rings (SSSR count). The zero-order valence-corrected chi connectivity index (χ0v) is 10.1. The van der Waals surface area contributed by atoms with Gasteiger partial charge >= 0.3 is 0 Å². The Hall–Kier alpha value is -0.120. The molecule has 88 valence electrons. The average molecular weight is 212 g/mol. The van der Waals surface area contributed by atoms with Crippen LogP contribution in [0.1, 0.15) is 33.1 Å². The van der Waals surface area contributed by atoms with E-state index in [4.69, 9.17) is 4.74 Å². The number of hydrogen-bond acceptors (Lipinski definition) is 3. The van der Waals surface area contributed by atoms with Gasteiger partial charge in [0.05, 0.1) is 6.61 Å². The Kier molecular flexibility index (Phi) is 3.65. The predicted octanol–water partition coefficient (Wildman–Crippen LogP) is 1.44. The maximum atomic E-state index is 5.82. The first-order valence-corrected chi connectivity index (χ1v) is 6.32. The van der Waals surface area contributed by atoms with Crippen molar-refractivity contribution in [2.75, 3.05) is 32.8 Å². The van der Waals surface area contributed by atoms with Crippen LogP contribution < -0.4 is 5.32 Å². The quantitative estimate of drug-likeness (QED) is 0.766. The van der Waals surface area contributed by atoms with Gasteiger partial charge in [-0.3, -0.25) is 5.32 Å². The van der Waals surface area contributed by atoms with Crippen LogP contribution >= 0.6 is 0 Å². The maximum absolute atomic E-state index is 5.82. The molecular formula is C12H24N2O. The van der Waals surface area contributed by atoms with Crippen LogP contribution in [0.15, 0.2) is 0 Å². The molecule has 2 heterocycles. The van der Waals surface area contributed by atoms with E-state index in [0.717, 1.165) is 31.9 Å². The normalized spacial score (nSPS) is 26.6. The molecule has 2 fully saturated rings. The van der Waals surface area contributed by atoms with Gasteiger partial charge in [0, 0.05) is 32.5 Å². The third-order valence-corrected chi connectivity index (χ3v) is 3.61. The number of piperidine rings is 1. The van der Waals surface area contributed by atoms with Crippen molar-refractivity contribution in [3.05, 3.63) is 0 Å². The molecule has 2 aliphatic rings. The number of ether oxygens (including phenoxy) is 1. The Bertz CT molecular complexity index is 190. The highest BCUT2D eigenvalue weighted by molar-refractivity contribution is 4.88. The molecule has 15 heavy (non-hydrogen) atoms.